The lowest BCUT2D eigenvalue weighted by Crippen LogP contribution is -2.52. The highest BCUT2D eigenvalue weighted by atomic mass is 16.3. The van der Waals surface area contributed by atoms with Crippen LogP contribution in [-0.4, -0.2) is 65.8 Å². The topological polar surface area (TPSA) is 82.2 Å². The van der Waals surface area contributed by atoms with E-state index in [9.17, 15) is 9.59 Å². The number of hydrogen-bond acceptors (Lipinski definition) is 6. The molecule has 34 heavy (non-hydrogen) atoms. The van der Waals surface area contributed by atoms with E-state index in [-0.39, 0.29) is 18.4 Å². The smallest absolute Gasteiger partial charge is 0.238 e. The molecule has 3 aromatic rings. The normalized spacial score (nSPS) is 14.5. The van der Waals surface area contributed by atoms with Crippen LogP contribution in [-0.2, 0) is 29.1 Å². The lowest BCUT2D eigenvalue weighted by Gasteiger charge is -2.35. The summed E-state index contributed by atoms with van der Waals surface area (Å²) in [7, 11) is 0. The molecular formula is C26H32N4O4. The second-order valence-electron chi connectivity index (χ2n) is 8.52. The van der Waals surface area contributed by atoms with Crippen molar-refractivity contribution in [3.05, 3.63) is 78.1 Å². The summed E-state index contributed by atoms with van der Waals surface area (Å²) in [6, 6.07) is 15.4. The maximum absolute atomic E-state index is 13.0. The minimum absolute atomic E-state index is 0.0243. The van der Waals surface area contributed by atoms with Gasteiger partial charge in [0.15, 0.2) is 0 Å². The number of nitrogens with zero attached hydrogens (tertiary/aromatic N) is 3. The first-order valence-corrected chi connectivity index (χ1v) is 11.8. The number of carbonyl (C=O) groups is 2. The SMILES string of the molecule is CCc1ccccc1NC(=O)CN1CCN(C(=O)CN(Cc2ccco2)Cc2ccco2)CC1. The van der Waals surface area contributed by atoms with E-state index in [0.29, 0.717) is 45.8 Å². The van der Waals surface area contributed by atoms with Crippen LogP contribution in [0.25, 0.3) is 0 Å². The van der Waals surface area contributed by atoms with Crippen LogP contribution in [0.15, 0.2) is 69.9 Å². The summed E-state index contributed by atoms with van der Waals surface area (Å²) in [5.74, 6) is 1.66. The lowest BCUT2D eigenvalue weighted by atomic mass is 10.1. The predicted molar refractivity (Wildman–Crippen MR) is 129 cm³/mol. The summed E-state index contributed by atoms with van der Waals surface area (Å²) >= 11 is 0. The zero-order valence-electron chi connectivity index (χ0n) is 19.6. The summed E-state index contributed by atoms with van der Waals surface area (Å²) in [5, 5.41) is 3.03. The molecule has 4 rings (SSSR count). The number of hydrogen-bond donors (Lipinski definition) is 1. The van der Waals surface area contributed by atoms with Gasteiger partial charge in [-0.15, -0.1) is 0 Å². The average molecular weight is 465 g/mol. The Kier molecular flexibility index (Phi) is 8.17. The number of nitrogens with one attached hydrogen (secondary N) is 1. The van der Waals surface area contributed by atoms with Gasteiger partial charge in [-0.2, -0.15) is 0 Å². The minimum atomic E-state index is -0.0243. The van der Waals surface area contributed by atoms with Gasteiger partial charge >= 0.3 is 0 Å². The van der Waals surface area contributed by atoms with Gasteiger partial charge in [-0.1, -0.05) is 25.1 Å². The molecular weight excluding hydrogens is 432 g/mol. The highest BCUT2D eigenvalue weighted by molar-refractivity contribution is 5.93. The fraction of sp³-hybridized carbons (Fsp3) is 0.385. The Morgan fingerprint density at radius 3 is 2.15 bits per heavy atom. The molecule has 8 heteroatoms. The standard InChI is InChI=1S/C26H32N4O4/c1-2-21-7-3-4-10-24(21)27-25(31)19-28-11-13-30(14-12-28)26(32)20-29(17-22-8-5-15-33-22)18-23-9-6-16-34-23/h3-10,15-16H,2,11-14,17-20H2,1H3,(H,27,31). The van der Waals surface area contributed by atoms with E-state index in [1.807, 2.05) is 58.3 Å². The van der Waals surface area contributed by atoms with E-state index < -0.39 is 0 Å². The van der Waals surface area contributed by atoms with Gasteiger partial charge in [-0.05, 0) is 42.3 Å². The van der Waals surface area contributed by atoms with Crippen molar-refractivity contribution in [2.24, 2.45) is 0 Å². The molecule has 0 unspecified atom stereocenters. The number of benzene rings is 1. The fourth-order valence-corrected chi connectivity index (χ4v) is 4.20. The van der Waals surface area contributed by atoms with E-state index in [2.05, 4.69) is 17.1 Å². The van der Waals surface area contributed by atoms with Gasteiger partial charge in [0, 0.05) is 31.9 Å². The molecule has 1 N–H and O–H groups in total. The summed E-state index contributed by atoms with van der Waals surface area (Å²) in [4.78, 5) is 31.6. The summed E-state index contributed by atoms with van der Waals surface area (Å²) in [5.41, 5.74) is 2.00. The van der Waals surface area contributed by atoms with Crippen LogP contribution in [0, 0.1) is 0 Å². The van der Waals surface area contributed by atoms with Gasteiger partial charge in [0.1, 0.15) is 11.5 Å². The largest absolute Gasteiger partial charge is 0.468 e. The van der Waals surface area contributed by atoms with E-state index in [4.69, 9.17) is 8.83 Å². The molecule has 3 heterocycles. The summed E-state index contributed by atoms with van der Waals surface area (Å²) < 4.78 is 11.0. The highest BCUT2D eigenvalue weighted by Crippen LogP contribution is 2.16. The second kappa shape index (κ2) is 11.7. The van der Waals surface area contributed by atoms with Gasteiger partial charge in [-0.3, -0.25) is 19.4 Å². The molecule has 1 aliphatic rings. The van der Waals surface area contributed by atoms with E-state index in [1.165, 1.54) is 0 Å². The third kappa shape index (κ3) is 6.59. The third-order valence-electron chi connectivity index (χ3n) is 6.04. The number of furan rings is 2. The van der Waals surface area contributed by atoms with E-state index in [0.717, 1.165) is 29.2 Å². The molecule has 0 atom stereocenters. The molecule has 0 bridgehead atoms. The third-order valence-corrected chi connectivity index (χ3v) is 6.04. The number of para-hydroxylation sites is 1. The Morgan fingerprint density at radius 2 is 1.56 bits per heavy atom. The van der Waals surface area contributed by atoms with Crippen molar-refractivity contribution in [1.82, 2.24) is 14.7 Å². The molecule has 0 saturated carbocycles. The molecule has 2 aromatic heterocycles. The Balaban J connectivity index is 1.26. The number of rotatable bonds is 10. The first-order chi connectivity index (χ1) is 16.6. The fourth-order valence-electron chi connectivity index (χ4n) is 4.20. The van der Waals surface area contributed by atoms with Crippen molar-refractivity contribution in [3.63, 3.8) is 0 Å². The van der Waals surface area contributed by atoms with Crippen LogP contribution in [0.1, 0.15) is 24.0 Å². The molecule has 1 aromatic carbocycles. The molecule has 1 aliphatic heterocycles. The maximum atomic E-state index is 13.0. The van der Waals surface area contributed by atoms with Crippen molar-refractivity contribution in [3.8, 4) is 0 Å². The summed E-state index contributed by atoms with van der Waals surface area (Å²) in [6.45, 7) is 6.28. The van der Waals surface area contributed by atoms with Gasteiger partial charge < -0.3 is 19.1 Å². The van der Waals surface area contributed by atoms with E-state index in [1.54, 1.807) is 12.5 Å². The zero-order valence-corrected chi connectivity index (χ0v) is 19.6. The van der Waals surface area contributed by atoms with Gasteiger partial charge in [0.2, 0.25) is 11.8 Å². The summed E-state index contributed by atoms with van der Waals surface area (Å²) in [6.07, 6.45) is 4.14. The Morgan fingerprint density at radius 1 is 0.912 bits per heavy atom. The zero-order chi connectivity index (χ0) is 23.8. The van der Waals surface area contributed by atoms with Crippen LogP contribution in [0.2, 0.25) is 0 Å². The van der Waals surface area contributed by atoms with Gasteiger partial charge in [0.25, 0.3) is 0 Å². The second-order valence-corrected chi connectivity index (χ2v) is 8.52. The molecule has 180 valence electrons. The number of piperazine rings is 1. The van der Waals surface area contributed by atoms with Crippen molar-refractivity contribution < 1.29 is 18.4 Å². The van der Waals surface area contributed by atoms with Crippen molar-refractivity contribution in [2.45, 2.75) is 26.4 Å². The molecule has 0 aliphatic carbocycles. The van der Waals surface area contributed by atoms with Gasteiger partial charge in [-0.25, -0.2) is 0 Å². The molecule has 1 saturated heterocycles. The van der Waals surface area contributed by atoms with Crippen LogP contribution < -0.4 is 5.32 Å². The minimum Gasteiger partial charge on any atom is -0.468 e. The van der Waals surface area contributed by atoms with Crippen molar-refractivity contribution in [1.29, 1.82) is 0 Å². The Labute approximate surface area is 200 Å². The molecule has 8 nitrogen and oxygen atoms in total. The van der Waals surface area contributed by atoms with Crippen LogP contribution in [0.3, 0.4) is 0 Å². The molecule has 0 spiro atoms. The van der Waals surface area contributed by atoms with Crippen molar-refractivity contribution >= 4 is 17.5 Å². The maximum Gasteiger partial charge on any atom is 0.238 e. The van der Waals surface area contributed by atoms with Crippen molar-refractivity contribution in [2.75, 3.05) is 44.6 Å². The lowest BCUT2D eigenvalue weighted by molar-refractivity contribution is -0.134. The van der Waals surface area contributed by atoms with E-state index >= 15 is 0 Å². The van der Waals surface area contributed by atoms with Crippen LogP contribution >= 0.6 is 0 Å². The van der Waals surface area contributed by atoms with Crippen LogP contribution in [0.4, 0.5) is 5.69 Å². The number of amides is 2. The first-order valence-electron chi connectivity index (χ1n) is 11.8. The quantitative estimate of drug-likeness (QED) is 0.496. The predicted octanol–water partition coefficient (Wildman–Crippen LogP) is 3.22. The number of anilines is 1. The monoisotopic (exact) mass is 464 g/mol. The first kappa shape index (κ1) is 23.8. The van der Waals surface area contributed by atoms with Crippen LogP contribution in [0.5, 0.6) is 0 Å². The Hall–Kier alpha value is -3.36. The van der Waals surface area contributed by atoms with Gasteiger partial charge in [0.05, 0.1) is 38.7 Å². The molecule has 1 fully saturated rings. The number of carbonyl (C=O) groups excluding carboxylic acids is 2. The average Bonchev–Trinajstić information content (AvgIpc) is 3.54. The highest BCUT2D eigenvalue weighted by Gasteiger charge is 2.24. The number of aryl methyl sites for hydroxylation is 1. The molecule has 0 radical (unpaired) electrons. The molecule has 2 amide bonds. The Bertz CT molecular complexity index is 1000.